The van der Waals surface area contributed by atoms with Gasteiger partial charge >= 0.3 is 0 Å². The molecule has 14 heavy (non-hydrogen) atoms. The average Bonchev–Trinajstić information content (AvgIpc) is 2.51. The van der Waals surface area contributed by atoms with Crippen LogP contribution in [0.25, 0.3) is 0 Å². The summed E-state index contributed by atoms with van der Waals surface area (Å²) in [7, 11) is 0. The van der Waals surface area contributed by atoms with Gasteiger partial charge in [-0.2, -0.15) is 0 Å². The lowest BCUT2D eigenvalue weighted by atomic mass is 9.99. The van der Waals surface area contributed by atoms with Crippen molar-refractivity contribution in [2.24, 2.45) is 0 Å². The van der Waals surface area contributed by atoms with Crippen molar-refractivity contribution in [2.45, 2.75) is 0 Å². The highest BCUT2D eigenvalue weighted by molar-refractivity contribution is 6.20. The smallest absolute Gasteiger partial charge is 0.0480 e. The van der Waals surface area contributed by atoms with Gasteiger partial charge in [0.15, 0.2) is 0 Å². The fourth-order valence-corrected chi connectivity index (χ4v) is 1.77. The molecule has 0 aromatic rings. The molecule has 0 fully saturated rings. The van der Waals surface area contributed by atoms with Crippen LogP contribution in [0, 0.1) is 0 Å². The van der Waals surface area contributed by atoms with Gasteiger partial charge in [-0.15, -0.1) is 11.6 Å². The predicted molar refractivity (Wildman–Crippen MR) is 62.4 cm³/mol. The molecular formula is C13H11Cl. The highest BCUT2D eigenvalue weighted by atomic mass is 35.5. The van der Waals surface area contributed by atoms with E-state index < -0.39 is 0 Å². The van der Waals surface area contributed by atoms with Gasteiger partial charge in [0, 0.05) is 5.88 Å². The topological polar surface area (TPSA) is 0 Å². The quantitative estimate of drug-likeness (QED) is 0.569. The van der Waals surface area contributed by atoms with Gasteiger partial charge in [0.1, 0.15) is 0 Å². The van der Waals surface area contributed by atoms with Crippen LogP contribution in [0.1, 0.15) is 0 Å². The third-order valence-electron chi connectivity index (χ3n) is 2.25. The summed E-state index contributed by atoms with van der Waals surface area (Å²) in [5, 5.41) is 0. The number of hydrogen-bond donors (Lipinski definition) is 0. The Hall–Kier alpha value is -1.27. The first-order chi connectivity index (χ1) is 6.92. The van der Waals surface area contributed by atoms with E-state index in [1.54, 1.807) is 0 Å². The van der Waals surface area contributed by atoms with Crippen molar-refractivity contribution in [1.29, 1.82) is 0 Å². The molecule has 0 aromatic carbocycles. The molecule has 2 rings (SSSR count). The van der Waals surface area contributed by atoms with Gasteiger partial charge in [0.05, 0.1) is 0 Å². The molecule has 0 saturated heterocycles. The number of halogens is 1. The summed E-state index contributed by atoms with van der Waals surface area (Å²) in [4.78, 5) is 0. The highest BCUT2D eigenvalue weighted by Crippen LogP contribution is 2.25. The van der Waals surface area contributed by atoms with Crippen LogP contribution in [0.2, 0.25) is 0 Å². The predicted octanol–water partition coefficient (Wildman–Crippen LogP) is 3.70. The van der Waals surface area contributed by atoms with Crippen molar-refractivity contribution < 1.29 is 0 Å². The van der Waals surface area contributed by atoms with E-state index in [0.717, 1.165) is 0 Å². The summed E-state index contributed by atoms with van der Waals surface area (Å²) >= 11 is 5.91. The van der Waals surface area contributed by atoms with Gasteiger partial charge in [0.2, 0.25) is 0 Å². The second kappa shape index (κ2) is 4.30. The molecule has 0 nitrogen and oxygen atoms in total. The highest BCUT2D eigenvalue weighted by Gasteiger charge is 2.08. The third kappa shape index (κ3) is 1.80. The van der Waals surface area contributed by atoms with Gasteiger partial charge in [-0.05, 0) is 16.7 Å². The van der Waals surface area contributed by atoms with E-state index in [2.05, 4.69) is 24.3 Å². The van der Waals surface area contributed by atoms with Gasteiger partial charge in [0.25, 0.3) is 0 Å². The van der Waals surface area contributed by atoms with Crippen molar-refractivity contribution in [3.05, 3.63) is 71.4 Å². The summed E-state index contributed by atoms with van der Waals surface area (Å²) < 4.78 is 0. The first-order valence-corrected chi connectivity index (χ1v) is 5.14. The Bertz CT molecular complexity index is 401. The number of alkyl halides is 1. The van der Waals surface area contributed by atoms with Crippen molar-refractivity contribution in [3.8, 4) is 0 Å². The minimum atomic E-state index is 0.551. The van der Waals surface area contributed by atoms with Gasteiger partial charge < -0.3 is 0 Å². The maximum atomic E-state index is 5.91. The molecule has 0 spiro atoms. The number of hydrogen-bond acceptors (Lipinski definition) is 0. The van der Waals surface area contributed by atoms with Crippen LogP contribution in [0.15, 0.2) is 71.4 Å². The Balaban J connectivity index is 2.50. The van der Waals surface area contributed by atoms with Crippen LogP contribution in [-0.4, -0.2) is 5.88 Å². The van der Waals surface area contributed by atoms with Crippen molar-refractivity contribution in [3.63, 3.8) is 0 Å². The molecule has 70 valence electrons. The number of rotatable bonds is 1. The van der Waals surface area contributed by atoms with Crippen LogP contribution in [-0.2, 0) is 0 Å². The Morgan fingerprint density at radius 3 is 2.50 bits per heavy atom. The van der Waals surface area contributed by atoms with Gasteiger partial charge in [-0.3, -0.25) is 0 Å². The SMILES string of the molecule is ClCC1=CC=CC=C2C=CC=CC=C21. The van der Waals surface area contributed by atoms with Crippen molar-refractivity contribution in [2.75, 3.05) is 5.88 Å². The number of allylic oxidation sites excluding steroid dienone is 12. The minimum absolute atomic E-state index is 0.551. The first kappa shape index (κ1) is 9.29. The van der Waals surface area contributed by atoms with Crippen LogP contribution in [0.3, 0.4) is 0 Å². The molecule has 0 heterocycles. The Morgan fingerprint density at radius 2 is 1.64 bits per heavy atom. The maximum absolute atomic E-state index is 5.91. The molecule has 0 unspecified atom stereocenters. The Kier molecular flexibility index (Phi) is 2.85. The maximum Gasteiger partial charge on any atom is 0.0480 e. The summed E-state index contributed by atoms with van der Waals surface area (Å²) in [6, 6.07) is 0. The standard InChI is InChI=1S/C13H11Cl/c14-10-12-8-5-4-7-11-6-2-1-3-9-13(11)12/h1-9H,10H2. The fourth-order valence-electron chi connectivity index (χ4n) is 1.54. The Labute approximate surface area is 89.3 Å². The van der Waals surface area contributed by atoms with E-state index in [1.807, 2.05) is 30.4 Å². The second-order valence-electron chi connectivity index (χ2n) is 3.16. The zero-order chi connectivity index (χ0) is 9.80. The molecule has 2 aliphatic rings. The monoisotopic (exact) mass is 202 g/mol. The molecule has 0 amide bonds. The van der Waals surface area contributed by atoms with E-state index in [9.17, 15) is 0 Å². The largest absolute Gasteiger partial charge is 0.122 e. The number of fused-ring (bicyclic) bond motifs is 1. The van der Waals surface area contributed by atoms with Crippen LogP contribution in [0.4, 0.5) is 0 Å². The zero-order valence-electron chi connectivity index (χ0n) is 7.78. The molecule has 0 aromatic heterocycles. The molecule has 0 radical (unpaired) electrons. The van der Waals surface area contributed by atoms with Crippen molar-refractivity contribution in [1.82, 2.24) is 0 Å². The molecule has 0 N–H and O–H groups in total. The van der Waals surface area contributed by atoms with E-state index in [-0.39, 0.29) is 0 Å². The van der Waals surface area contributed by atoms with Crippen molar-refractivity contribution >= 4 is 11.6 Å². The minimum Gasteiger partial charge on any atom is -0.122 e. The lowest BCUT2D eigenvalue weighted by Gasteiger charge is -2.07. The van der Waals surface area contributed by atoms with Gasteiger partial charge in [-0.1, -0.05) is 54.7 Å². The van der Waals surface area contributed by atoms with E-state index in [4.69, 9.17) is 11.6 Å². The molecule has 1 heteroatoms. The zero-order valence-corrected chi connectivity index (χ0v) is 8.54. The second-order valence-corrected chi connectivity index (χ2v) is 3.42. The summed E-state index contributed by atoms with van der Waals surface area (Å²) in [6.07, 6.45) is 18.5. The normalized spacial score (nSPS) is 19.1. The van der Waals surface area contributed by atoms with Gasteiger partial charge in [-0.25, -0.2) is 0 Å². The Morgan fingerprint density at radius 1 is 0.857 bits per heavy atom. The summed E-state index contributed by atoms with van der Waals surface area (Å²) in [5.41, 5.74) is 3.61. The molecule has 0 bridgehead atoms. The van der Waals surface area contributed by atoms with E-state index in [0.29, 0.717) is 5.88 Å². The molecule has 0 aliphatic heterocycles. The molecule has 0 saturated carbocycles. The lowest BCUT2D eigenvalue weighted by Crippen LogP contribution is -1.92. The molecule has 0 atom stereocenters. The summed E-state index contributed by atoms with van der Waals surface area (Å²) in [6.45, 7) is 0. The fraction of sp³-hybridized carbons (Fsp3) is 0.0769. The first-order valence-electron chi connectivity index (χ1n) is 4.61. The molecular weight excluding hydrogens is 192 g/mol. The lowest BCUT2D eigenvalue weighted by molar-refractivity contribution is 1.39. The van der Waals surface area contributed by atoms with Crippen LogP contribution < -0.4 is 0 Å². The van der Waals surface area contributed by atoms with Crippen LogP contribution in [0.5, 0.6) is 0 Å². The third-order valence-corrected chi connectivity index (χ3v) is 2.53. The van der Waals surface area contributed by atoms with Crippen LogP contribution >= 0.6 is 11.6 Å². The summed E-state index contributed by atoms with van der Waals surface area (Å²) in [5.74, 6) is 0.551. The molecule has 2 aliphatic carbocycles. The van der Waals surface area contributed by atoms with E-state index in [1.165, 1.54) is 16.7 Å². The average molecular weight is 203 g/mol. The van der Waals surface area contributed by atoms with E-state index >= 15 is 0 Å².